The van der Waals surface area contributed by atoms with Gasteiger partial charge in [0.2, 0.25) is 5.76 Å². The molecule has 3 aromatic rings. The fourth-order valence-corrected chi connectivity index (χ4v) is 3.70. The fraction of sp³-hybridized carbons (Fsp3) is 0.0476. The van der Waals surface area contributed by atoms with Crippen molar-refractivity contribution >= 4 is 50.0 Å². The second-order valence-corrected chi connectivity index (χ2v) is 7.63. The van der Waals surface area contributed by atoms with Gasteiger partial charge in [0.15, 0.2) is 12.4 Å². The Morgan fingerprint density at radius 1 is 1.19 bits per heavy atom. The monoisotopic (exact) mass is 545 g/mol. The number of furan rings is 1. The number of amides is 1. The highest BCUT2D eigenvalue weighted by Crippen LogP contribution is 2.32. The van der Waals surface area contributed by atoms with E-state index in [4.69, 9.17) is 19.2 Å². The lowest BCUT2D eigenvalue weighted by Crippen LogP contribution is -2.24. The predicted molar refractivity (Wildman–Crippen MR) is 118 cm³/mol. The van der Waals surface area contributed by atoms with Crippen LogP contribution in [0.4, 0.5) is 0 Å². The van der Waals surface area contributed by atoms with E-state index in [1.54, 1.807) is 42.5 Å². The maximum Gasteiger partial charge on any atom is 0.379 e. The van der Waals surface area contributed by atoms with Crippen molar-refractivity contribution in [2.45, 2.75) is 0 Å². The topological polar surface area (TPSA) is 114 Å². The van der Waals surface area contributed by atoms with Crippen molar-refractivity contribution in [3.63, 3.8) is 0 Å². The largest absolute Gasteiger partial charge is 0.482 e. The average Bonchev–Trinajstić information content (AvgIpc) is 3.29. The van der Waals surface area contributed by atoms with Gasteiger partial charge >= 0.3 is 5.97 Å². The molecule has 1 heterocycles. The zero-order chi connectivity index (χ0) is 22.2. The van der Waals surface area contributed by atoms with Crippen LogP contribution in [0, 0.1) is 11.3 Å². The maximum absolute atomic E-state index is 12.2. The second-order valence-electron chi connectivity index (χ2n) is 5.86. The number of esters is 1. The molecule has 0 fully saturated rings. The van der Waals surface area contributed by atoms with Crippen LogP contribution in [0.1, 0.15) is 21.7 Å². The molecule has 2 aromatic carbocycles. The number of rotatable bonds is 7. The van der Waals surface area contributed by atoms with Crippen LogP contribution < -0.4 is 14.9 Å². The number of hydrazone groups is 1. The number of hydrogen-bond donors (Lipinski definition) is 1. The predicted octanol–water partition coefficient (Wildman–Crippen LogP) is 4.42. The highest BCUT2D eigenvalue weighted by Gasteiger charge is 2.17. The lowest BCUT2D eigenvalue weighted by Gasteiger charge is -2.09. The zero-order valence-corrected chi connectivity index (χ0v) is 18.8. The first-order valence-electron chi connectivity index (χ1n) is 8.66. The van der Waals surface area contributed by atoms with Crippen molar-refractivity contribution in [2.24, 2.45) is 5.10 Å². The molecule has 3 rings (SSSR count). The lowest BCUT2D eigenvalue weighted by molar-refractivity contribution is -0.123. The Balaban J connectivity index is 1.66. The smallest absolute Gasteiger partial charge is 0.379 e. The number of nitrogens with zero attached hydrogens (tertiary/aromatic N) is 2. The van der Waals surface area contributed by atoms with E-state index in [-0.39, 0.29) is 18.1 Å². The van der Waals surface area contributed by atoms with Gasteiger partial charge in [-0.25, -0.2) is 10.2 Å². The van der Waals surface area contributed by atoms with E-state index in [1.807, 2.05) is 6.07 Å². The number of para-hydroxylation sites is 1. The maximum atomic E-state index is 12.2. The lowest BCUT2D eigenvalue weighted by atomic mass is 10.2. The van der Waals surface area contributed by atoms with E-state index in [2.05, 4.69) is 42.4 Å². The summed E-state index contributed by atoms with van der Waals surface area (Å²) >= 11 is 6.69. The Morgan fingerprint density at radius 2 is 2.00 bits per heavy atom. The van der Waals surface area contributed by atoms with Crippen molar-refractivity contribution in [2.75, 3.05) is 6.61 Å². The number of nitriles is 1. The summed E-state index contributed by atoms with van der Waals surface area (Å²) in [7, 11) is 0. The number of nitrogens with one attached hydrogen (secondary N) is 1. The molecular formula is C21H13Br2N3O5. The van der Waals surface area contributed by atoms with Crippen molar-refractivity contribution in [1.29, 1.82) is 5.26 Å². The number of hydrogen-bond acceptors (Lipinski definition) is 7. The van der Waals surface area contributed by atoms with Crippen LogP contribution in [-0.2, 0) is 4.79 Å². The van der Waals surface area contributed by atoms with Crippen LogP contribution >= 0.6 is 31.9 Å². The third-order valence-corrected chi connectivity index (χ3v) is 4.76. The molecule has 0 aliphatic heterocycles. The number of carbonyl (C=O) groups is 2. The van der Waals surface area contributed by atoms with Crippen molar-refractivity contribution in [3.8, 4) is 17.6 Å². The molecule has 1 aromatic heterocycles. The molecule has 10 heteroatoms. The van der Waals surface area contributed by atoms with Gasteiger partial charge in [0.05, 0.1) is 22.5 Å². The molecule has 1 N–H and O–H groups in total. The highest BCUT2D eigenvalue weighted by molar-refractivity contribution is 9.11. The zero-order valence-electron chi connectivity index (χ0n) is 15.7. The number of benzene rings is 2. The quantitative estimate of drug-likeness (QED) is 0.203. The highest BCUT2D eigenvalue weighted by atomic mass is 79.9. The summed E-state index contributed by atoms with van der Waals surface area (Å²) in [6, 6.07) is 15.0. The summed E-state index contributed by atoms with van der Waals surface area (Å²) in [6.07, 6.45) is 2.68. The summed E-state index contributed by atoms with van der Waals surface area (Å²) in [5.41, 5.74) is 3.05. The summed E-state index contributed by atoms with van der Waals surface area (Å²) in [5, 5.41) is 12.9. The Bertz CT molecular complexity index is 1170. The molecule has 0 aliphatic carbocycles. The van der Waals surface area contributed by atoms with E-state index in [9.17, 15) is 9.59 Å². The van der Waals surface area contributed by atoms with Crippen molar-refractivity contribution < 1.29 is 23.5 Å². The SMILES string of the molecule is N#Cc1ccccc1OCC(=O)NN=Cc1cc(Br)cc(Br)c1OC(=O)c1ccco1. The Hall–Kier alpha value is -3.42. The molecule has 0 aliphatic rings. The molecule has 8 nitrogen and oxygen atoms in total. The Morgan fingerprint density at radius 3 is 2.74 bits per heavy atom. The molecular weight excluding hydrogens is 534 g/mol. The molecule has 0 radical (unpaired) electrons. The van der Waals surface area contributed by atoms with Crippen LogP contribution in [0.3, 0.4) is 0 Å². The van der Waals surface area contributed by atoms with Crippen LogP contribution in [0.5, 0.6) is 11.5 Å². The van der Waals surface area contributed by atoms with E-state index in [0.717, 1.165) is 0 Å². The molecule has 0 saturated heterocycles. The molecule has 0 unspecified atom stereocenters. The molecule has 1 amide bonds. The van der Waals surface area contributed by atoms with E-state index in [1.165, 1.54) is 18.5 Å². The average molecular weight is 547 g/mol. The first-order valence-corrected chi connectivity index (χ1v) is 10.2. The van der Waals surface area contributed by atoms with E-state index < -0.39 is 11.9 Å². The Kier molecular flexibility index (Phi) is 7.59. The van der Waals surface area contributed by atoms with Gasteiger partial charge in [-0.1, -0.05) is 28.1 Å². The third-order valence-electron chi connectivity index (χ3n) is 3.71. The van der Waals surface area contributed by atoms with Gasteiger partial charge in [0.25, 0.3) is 5.91 Å². The normalized spacial score (nSPS) is 10.5. The first kappa shape index (κ1) is 22.3. The van der Waals surface area contributed by atoms with Gasteiger partial charge in [-0.15, -0.1) is 0 Å². The fourth-order valence-electron chi connectivity index (χ4n) is 2.36. The van der Waals surface area contributed by atoms with Crippen molar-refractivity contribution in [1.82, 2.24) is 5.43 Å². The summed E-state index contributed by atoms with van der Waals surface area (Å²) in [5.74, 6) is -0.682. The van der Waals surface area contributed by atoms with Crippen molar-refractivity contribution in [3.05, 3.63) is 80.6 Å². The number of carbonyl (C=O) groups excluding carboxylic acids is 2. The molecule has 0 spiro atoms. The summed E-state index contributed by atoms with van der Waals surface area (Å²) < 4.78 is 17.0. The van der Waals surface area contributed by atoms with E-state index in [0.29, 0.717) is 25.8 Å². The van der Waals surface area contributed by atoms with Gasteiger partial charge in [-0.2, -0.15) is 10.4 Å². The second kappa shape index (κ2) is 10.6. The van der Waals surface area contributed by atoms with Crippen LogP contribution in [-0.4, -0.2) is 24.7 Å². The van der Waals surface area contributed by atoms with Gasteiger partial charge in [0, 0.05) is 10.0 Å². The number of halogens is 2. The molecule has 156 valence electrons. The first-order chi connectivity index (χ1) is 15.0. The third kappa shape index (κ3) is 6.04. The standard InChI is InChI=1S/C21H13Br2N3O5/c22-15-8-14(20(16(23)9-15)31-21(28)18-6-3-7-29-18)11-25-26-19(27)12-30-17-5-2-1-4-13(17)10-24/h1-9,11H,12H2,(H,26,27). The van der Waals surface area contributed by atoms with Gasteiger partial charge in [-0.3, -0.25) is 4.79 Å². The minimum absolute atomic E-state index is 0.0424. The molecule has 0 atom stereocenters. The van der Waals surface area contributed by atoms with Gasteiger partial charge < -0.3 is 13.9 Å². The summed E-state index contributed by atoms with van der Waals surface area (Å²) in [4.78, 5) is 24.2. The van der Waals surface area contributed by atoms with Gasteiger partial charge in [0.1, 0.15) is 11.8 Å². The molecule has 0 saturated carbocycles. The van der Waals surface area contributed by atoms with Gasteiger partial charge in [-0.05, 0) is 52.3 Å². The van der Waals surface area contributed by atoms with Crippen LogP contribution in [0.15, 0.2) is 73.3 Å². The minimum Gasteiger partial charge on any atom is -0.482 e. The molecule has 31 heavy (non-hydrogen) atoms. The molecule has 0 bridgehead atoms. The minimum atomic E-state index is -0.684. The summed E-state index contributed by atoms with van der Waals surface area (Å²) in [6.45, 7) is -0.335. The number of ether oxygens (including phenoxy) is 2. The van der Waals surface area contributed by atoms with Crippen LogP contribution in [0.25, 0.3) is 0 Å². The van der Waals surface area contributed by atoms with Crippen LogP contribution in [0.2, 0.25) is 0 Å². The van der Waals surface area contributed by atoms with E-state index >= 15 is 0 Å². The Labute approximate surface area is 193 Å².